The molecule has 10 heteroatoms. The summed E-state index contributed by atoms with van der Waals surface area (Å²) in [5, 5.41) is 12.7. The average molecular weight is 462 g/mol. The number of imidazole rings is 1. The summed E-state index contributed by atoms with van der Waals surface area (Å²) in [6, 6.07) is 7.74. The number of methoxy groups -OCH3 is 1. The summed E-state index contributed by atoms with van der Waals surface area (Å²) in [6.45, 7) is 1.61. The molecule has 3 aromatic heterocycles. The number of anilines is 1. The largest absolute Gasteiger partial charge is 0.496 e. The van der Waals surface area contributed by atoms with Gasteiger partial charge < -0.3 is 15.0 Å². The molecule has 1 fully saturated rings. The maximum atomic E-state index is 13.1. The van der Waals surface area contributed by atoms with Gasteiger partial charge in [-0.25, -0.2) is 4.98 Å². The third-order valence-electron chi connectivity index (χ3n) is 6.69. The first-order chi connectivity index (χ1) is 16.4. The number of ether oxygens (including phenoxy) is 1. The fourth-order valence-corrected chi connectivity index (χ4v) is 4.67. The van der Waals surface area contributed by atoms with Gasteiger partial charge in [0.25, 0.3) is 5.91 Å². The first-order valence-electron chi connectivity index (χ1n) is 11.3. The molecule has 0 spiro atoms. The maximum Gasteiger partial charge on any atom is 0.260 e. The molecule has 0 aliphatic heterocycles. The molecule has 1 saturated carbocycles. The highest BCUT2D eigenvalue weighted by Crippen LogP contribution is 2.33. The minimum Gasteiger partial charge on any atom is -0.496 e. The van der Waals surface area contributed by atoms with Gasteiger partial charge in [0.1, 0.15) is 5.75 Å². The third-order valence-corrected chi connectivity index (χ3v) is 6.69. The molecule has 2 amide bonds. The zero-order chi connectivity index (χ0) is 23.8. The Morgan fingerprint density at radius 2 is 2.00 bits per heavy atom. The lowest BCUT2D eigenvalue weighted by Gasteiger charge is -2.34. The Balaban J connectivity index is 1.38. The van der Waals surface area contributed by atoms with E-state index in [1.165, 1.54) is 7.11 Å². The maximum absolute atomic E-state index is 13.1. The summed E-state index contributed by atoms with van der Waals surface area (Å²) >= 11 is 0. The van der Waals surface area contributed by atoms with Gasteiger partial charge in [-0.3, -0.25) is 14.3 Å². The van der Waals surface area contributed by atoms with E-state index in [0.717, 1.165) is 36.6 Å². The molecule has 176 valence electrons. The second kappa shape index (κ2) is 8.77. The topological polar surface area (TPSA) is 107 Å². The van der Waals surface area contributed by atoms with Crippen LogP contribution in [-0.2, 0) is 4.79 Å². The number of aromatic nitrogens is 5. The van der Waals surface area contributed by atoms with Crippen LogP contribution in [0.4, 0.5) is 5.82 Å². The highest BCUT2D eigenvalue weighted by atomic mass is 16.5. The van der Waals surface area contributed by atoms with Crippen molar-refractivity contribution in [2.45, 2.75) is 44.7 Å². The number of hydrogen-bond donors (Lipinski definition) is 1. The third kappa shape index (κ3) is 3.95. The molecule has 0 radical (unpaired) electrons. The number of fused-ring (bicyclic) bond motifs is 2. The SMILES string of the molecule is COc1cc2nn(C3CCC(N(C)C(C)=O)CC3)cc2cc1C(=O)Nc1cnc2cccnn12. The molecule has 1 aromatic carbocycles. The smallest absolute Gasteiger partial charge is 0.260 e. The molecule has 5 rings (SSSR count). The summed E-state index contributed by atoms with van der Waals surface area (Å²) in [7, 11) is 3.41. The lowest BCUT2D eigenvalue weighted by atomic mass is 9.90. The Kier molecular flexibility index (Phi) is 5.64. The van der Waals surface area contributed by atoms with E-state index in [4.69, 9.17) is 9.84 Å². The monoisotopic (exact) mass is 461 g/mol. The van der Waals surface area contributed by atoms with Crippen molar-refractivity contribution < 1.29 is 14.3 Å². The van der Waals surface area contributed by atoms with E-state index in [2.05, 4.69) is 15.4 Å². The first kappa shape index (κ1) is 21.9. The molecule has 10 nitrogen and oxygen atoms in total. The number of nitrogens with one attached hydrogen (secondary N) is 1. The lowest BCUT2D eigenvalue weighted by molar-refractivity contribution is -0.130. The average Bonchev–Trinajstić information content (AvgIpc) is 3.46. The molecule has 1 N–H and O–H groups in total. The Labute approximate surface area is 196 Å². The van der Waals surface area contributed by atoms with Crippen LogP contribution in [0.2, 0.25) is 0 Å². The van der Waals surface area contributed by atoms with Crippen molar-refractivity contribution >= 4 is 34.2 Å². The number of amides is 2. The summed E-state index contributed by atoms with van der Waals surface area (Å²) in [6.07, 6.45) is 8.98. The Bertz CT molecular complexity index is 1370. The van der Waals surface area contributed by atoms with E-state index in [0.29, 0.717) is 22.8 Å². The van der Waals surface area contributed by atoms with Crippen LogP contribution in [-0.4, -0.2) is 61.3 Å². The van der Waals surface area contributed by atoms with Gasteiger partial charge in [-0.1, -0.05) is 0 Å². The van der Waals surface area contributed by atoms with Gasteiger partial charge in [0, 0.05) is 43.9 Å². The lowest BCUT2D eigenvalue weighted by Crippen LogP contribution is -2.38. The van der Waals surface area contributed by atoms with Crippen LogP contribution >= 0.6 is 0 Å². The fourth-order valence-electron chi connectivity index (χ4n) is 4.67. The number of hydrogen-bond acceptors (Lipinski definition) is 6. The zero-order valence-electron chi connectivity index (χ0n) is 19.4. The summed E-state index contributed by atoms with van der Waals surface area (Å²) < 4.78 is 9.07. The van der Waals surface area contributed by atoms with E-state index < -0.39 is 0 Å². The molecular formula is C24H27N7O3. The van der Waals surface area contributed by atoms with E-state index in [1.54, 1.807) is 42.0 Å². The van der Waals surface area contributed by atoms with Crippen molar-refractivity contribution in [1.82, 2.24) is 29.3 Å². The minimum absolute atomic E-state index is 0.103. The van der Waals surface area contributed by atoms with Crippen LogP contribution in [0.15, 0.2) is 42.9 Å². The van der Waals surface area contributed by atoms with Gasteiger partial charge in [-0.15, -0.1) is 0 Å². The Morgan fingerprint density at radius 1 is 1.21 bits per heavy atom. The molecule has 0 unspecified atom stereocenters. The molecule has 34 heavy (non-hydrogen) atoms. The van der Waals surface area contributed by atoms with Crippen molar-refractivity contribution in [3.05, 3.63) is 48.4 Å². The van der Waals surface area contributed by atoms with Gasteiger partial charge in [-0.05, 0) is 43.9 Å². The number of benzene rings is 1. The van der Waals surface area contributed by atoms with Crippen LogP contribution in [0.3, 0.4) is 0 Å². The summed E-state index contributed by atoms with van der Waals surface area (Å²) in [4.78, 5) is 30.9. The van der Waals surface area contributed by atoms with Gasteiger partial charge in [-0.2, -0.15) is 14.7 Å². The van der Waals surface area contributed by atoms with Crippen LogP contribution < -0.4 is 10.1 Å². The molecule has 0 bridgehead atoms. The van der Waals surface area contributed by atoms with Crippen molar-refractivity contribution in [2.24, 2.45) is 0 Å². The summed E-state index contributed by atoms with van der Waals surface area (Å²) in [5.74, 6) is 0.715. The molecule has 1 aliphatic carbocycles. The van der Waals surface area contributed by atoms with Gasteiger partial charge in [0.05, 0.1) is 30.4 Å². The number of carbonyl (C=O) groups excluding carboxylic acids is 2. The number of nitrogens with zero attached hydrogens (tertiary/aromatic N) is 6. The molecule has 3 heterocycles. The normalized spacial score (nSPS) is 18.2. The number of rotatable bonds is 5. The second-order valence-electron chi connectivity index (χ2n) is 8.70. The highest BCUT2D eigenvalue weighted by molar-refractivity contribution is 6.08. The van der Waals surface area contributed by atoms with Gasteiger partial charge >= 0.3 is 0 Å². The fraction of sp³-hybridized carbons (Fsp3) is 0.375. The number of carbonyl (C=O) groups is 2. The quantitative estimate of drug-likeness (QED) is 0.489. The van der Waals surface area contributed by atoms with Gasteiger partial charge in [0.2, 0.25) is 5.91 Å². The first-order valence-corrected chi connectivity index (χ1v) is 11.3. The van der Waals surface area contributed by atoms with Gasteiger partial charge in [0.15, 0.2) is 11.5 Å². The highest BCUT2D eigenvalue weighted by Gasteiger charge is 2.27. The summed E-state index contributed by atoms with van der Waals surface area (Å²) in [5.41, 5.74) is 1.82. The second-order valence-corrected chi connectivity index (χ2v) is 8.70. The molecule has 0 atom stereocenters. The molecule has 4 aromatic rings. The molecule has 1 aliphatic rings. The van der Waals surface area contributed by atoms with E-state index >= 15 is 0 Å². The molecule has 0 saturated heterocycles. The van der Waals surface area contributed by atoms with Crippen molar-refractivity contribution in [3.8, 4) is 5.75 Å². The Hall–Kier alpha value is -3.95. The Morgan fingerprint density at radius 3 is 2.74 bits per heavy atom. The van der Waals surface area contributed by atoms with Crippen molar-refractivity contribution in [1.29, 1.82) is 0 Å². The standard InChI is InChI=1S/C24H27N7O3/c1-15(32)29(2)17-6-8-18(9-7-17)30-14-16-11-19(21(34-3)12-20(16)28-30)24(33)27-23-13-25-22-5-4-10-26-31(22)23/h4-5,10-14,17-18H,6-9H2,1-3H3,(H,27,33). The van der Waals surface area contributed by atoms with Crippen molar-refractivity contribution in [3.63, 3.8) is 0 Å². The van der Waals surface area contributed by atoms with Crippen LogP contribution in [0.1, 0.15) is 49.0 Å². The van der Waals surface area contributed by atoms with E-state index in [1.807, 2.05) is 28.9 Å². The zero-order valence-corrected chi connectivity index (χ0v) is 19.4. The van der Waals surface area contributed by atoms with E-state index in [9.17, 15) is 9.59 Å². The predicted molar refractivity (Wildman–Crippen MR) is 127 cm³/mol. The van der Waals surface area contributed by atoms with E-state index in [-0.39, 0.29) is 23.9 Å². The van der Waals surface area contributed by atoms with Crippen LogP contribution in [0, 0.1) is 0 Å². The van der Waals surface area contributed by atoms with Crippen LogP contribution in [0.25, 0.3) is 16.6 Å². The predicted octanol–water partition coefficient (Wildman–Crippen LogP) is 3.30. The van der Waals surface area contributed by atoms with Crippen LogP contribution in [0.5, 0.6) is 5.75 Å². The van der Waals surface area contributed by atoms with Crippen molar-refractivity contribution in [2.75, 3.05) is 19.5 Å². The minimum atomic E-state index is -0.313. The molecular weight excluding hydrogens is 434 g/mol.